The minimum Gasteiger partial charge on any atom is -0.456 e. The van der Waals surface area contributed by atoms with Gasteiger partial charge in [-0.25, -0.2) is 15.0 Å². The van der Waals surface area contributed by atoms with Crippen molar-refractivity contribution in [3.63, 3.8) is 0 Å². The van der Waals surface area contributed by atoms with Crippen molar-refractivity contribution in [2.45, 2.75) is 0 Å². The van der Waals surface area contributed by atoms with Gasteiger partial charge in [-0.1, -0.05) is 126 Å². The predicted molar refractivity (Wildman–Crippen MR) is 270 cm³/mol. The van der Waals surface area contributed by atoms with E-state index in [1.165, 1.54) is 60.2 Å². The summed E-state index contributed by atoms with van der Waals surface area (Å²) in [5.74, 6) is 1.83. The summed E-state index contributed by atoms with van der Waals surface area (Å²) < 4.78 is 9.00. The van der Waals surface area contributed by atoms with E-state index in [4.69, 9.17) is 19.4 Å². The molecule has 3 aromatic heterocycles. The number of hydrogen-bond donors (Lipinski definition) is 0. The highest BCUT2D eigenvalue weighted by atomic mass is 16.3. The van der Waals surface area contributed by atoms with Crippen molar-refractivity contribution in [2.24, 2.45) is 0 Å². The quantitative estimate of drug-likeness (QED) is 0.234. The number of benzene rings is 8. The van der Waals surface area contributed by atoms with Crippen LogP contribution in [-0.2, 0) is 0 Å². The first-order valence-electron chi connectivity index (χ1n) is 20.9. The van der Waals surface area contributed by atoms with Crippen molar-refractivity contribution < 1.29 is 4.42 Å². The van der Waals surface area contributed by atoms with Crippen LogP contribution in [0.2, 0.25) is 0 Å². The topological polar surface area (TPSA) is 56.7 Å². The Morgan fingerprint density at radius 2 is 0.934 bits per heavy atom. The molecule has 11 rings (SSSR count). The molecule has 0 spiro atoms. The standard InChI is InChI=1S/C51H37B5N4O/c52-44-42(45(53)47(55)48(56)46(44)54)28-18-20-30(21-19-28)50-57-49(29-10-3-1-4-11-29)58-51(59-50)32-22-24-36-41(27-32)61-40-17-9-15-34(43(36)40)31-23-25-39-37(26-31)35-14-7-8-16-38(35)60(39)33-12-5-2-6-13-33/h1-27H,52-56H2. The molecule has 0 unspecified atom stereocenters. The van der Waals surface area contributed by atoms with E-state index in [0.29, 0.717) is 17.5 Å². The Morgan fingerprint density at radius 1 is 0.377 bits per heavy atom. The molecule has 5 nitrogen and oxygen atoms in total. The van der Waals surface area contributed by atoms with Crippen molar-refractivity contribution in [2.75, 3.05) is 0 Å². The van der Waals surface area contributed by atoms with Gasteiger partial charge in [0.2, 0.25) is 0 Å². The Kier molecular flexibility index (Phi) is 8.71. The summed E-state index contributed by atoms with van der Waals surface area (Å²) in [5, 5.41) is 4.56. The molecular formula is C51H37B5N4O. The van der Waals surface area contributed by atoms with Crippen molar-refractivity contribution in [1.29, 1.82) is 0 Å². The van der Waals surface area contributed by atoms with Crippen LogP contribution >= 0.6 is 0 Å². The first-order valence-corrected chi connectivity index (χ1v) is 20.9. The molecule has 0 radical (unpaired) electrons. The summed E-state index contributed by atoms with van der Waals surface area (Å²) in [5.41, 5.74) is 19.3. The van der Waals surface area contributed by atoms with Gasteiger partial charge in [-0.05, 0) is 70.8 Å². The lowest BCUT2D eigenvalue weighted by molar-refractivity contribution is 0.669. The average Bonchev–Trinajstić information content (AvgIpc) is 3.86. The fourth-order valence-electron chi connectivity index (χ4n) is 9.27. The van der Waals surface area contributed by atoms with Gasteiger partial charge >= 0.3 is 0 Å². The first-order chi connectivity index (χ1) is 29.8. The van der Waals surface area contributed by atoms with E-state index < -0.39 is 0 Å². The van der Waals surface area contributed by atoms with E-state index in [-0.39, 0.29) is 0 Å². The lowest BCUT2D eigenvalue weighted by Gasteiger charge is -2.20. The van der Waals surface area contributed by atoms with Crippen LogP contribution in [0, 0.1) is 0 Å². The van der Waals surface area contributed by atoms with Gasteiger partial charge < -0.3 is 8.98 Å². The van der Waals surface area contributed by atoms with Gasteiger partial charge in [0.1, 0.15) is 50.4 Å². The van der Waals surface area contributed by atoms with Gasteiger partial charge in [-0.3, -0.25) is 0 Å². The van der Waals surface area contributed by atoms with E-state index in [2.05, 4.69) is 177 Å². The molecule has 0 atom stereocenters. The third kappa shape index (κ3) is 6.04. The minimum atomic E-state index is 0.590. The van der Waals surface area contributed by atoms with Gasteiger partial charge in [0.25, 0.3) is 0 Å². The largest absolute Gasteiger partial charge is 0.456 e. The Morgan fingerprint density at radius 3 is 1.66 bits per heavy atom. The SMILES string of the molecule is Bc1c(B)c(B)c(-c2ccc(-c3nc(-c4ccccc4)nc(-c4ccc5c(c4)oc4cccc(-c6ccc7c(c6)c6ccccc6n7-c6ccccc6)c45)n3)cc2)c(B)c1B. The van der Waals surface area contributed by atoms with E-state index in [9.17, 15) is 0 Å². The molecule has 0 saturated carbocycles. The van der Waals surface area contributed by atoms with Crippen LogP contribution in [0.25, 0.3) is 106 Å². The molecular weight excluding hydrogens is 739 g/mol. The van der Waals surface area contributed by atoms with Crippen LogP contribution in [-0.4, -0.2) is 58.8 Å². The minimum absolute atomic E-state index is 0.590. The summed E-state index contributed by atoms with van der Waals surface area (Å²) in [7, 11) is 11.1. The summed E-state index contributed by atoms with van der Waals surface area (Å²) in [6, 6.07) is 57.5. The molecule has 0 bridgehead atoms. The zero-order chi connectivity index (χ0) is 41.4. The maximum absolute atomic E-state index is 6.65. The smallest absolute Gasteiger partial charge is 0.164 e. The van der Waals surface area contributed by atoms with E-state index in [1.54, 1.807) is 0 Å². The fraction of sp³-hybridized carbons (Fsp3) is 0. The molecule has 0 N–H and O–H groups in total. The van der Waals surface area contributed by atoms with Crippen molar-refractivity contribution in [3.8, 4) is 62.1 Å². The Bertz CT molecular complexity index is 3500. The number of nitrogens with zero attached hydrogens (tertiary/aromatic N) is 4. The second kappa shape index (κ2) is 14.5. The highest BCUT2D eigenvalue weighted by Crippen LogP contribution is 2.41. The zero-order valence-electron chi connectivity index (χ0n) is 34.8. The maximum Gasteiger partial charge on any atom is 0.164 e. The molecule has 8 aromatic carbocycles. The van der Waals surface area contributed by atoms with Gasteiger partial charge in [0.15, 0.2) is 17.5 Å². The maximum atomic E-state index is 6.65. The average molecular weight is 776 g/mol. The Hall–Kier alpha value is -7.31. The molecule has 61 heavy (non-hydrogen) atoms. The van der Waals surface area contributed by atoms with Crippen LogP contribution in [0.3, 0.4) is 0 Å². The second-order valence-electron chi connectivity index (χ2n) is 16.2. The highest BCUT2D eigenvalue weighted by Gasteiger charge is 2.19. The van der Waals surface area contributed by atoms with Crippen molar-refractivity contribution in [1.82, 2.24) is 19.5 Å². The molecule has 0 amide bonds. The first kappa shape index (κ1) is 36.8. The normalized spacial score (nSPS) is 11.6. The van der Waals surface area contributed by atoms with Gasteiger partial charge in [-0.2, -0.15) is 0 Å². The lowest BCUT2D eigenvalue weighted by atomic mass is 9.59. The second-order valence-corrected chi connectivity index (χ2v) is 16.2. The number of fused-ring (bicyclic) bond motifs is 6. The van der Waals surface area contributed by atoms with Crippen molar-refractivity contribution >= 4 is 110 Å². The Labute approximate surface area is 358 Å². The molecule has 10 heteroatoms. The predicted octanol–water partition coefficient (Wildman–Crippen LogP) is 4.50. The van der Waals surface area contributed by atoms with Crippen LogP contribution in [0.1, 0.15) is 0 Å². The van der Waals surface area contributed by atoms with Gasteiger partial charge in [0, 0.05) is 43.9 Å². The molecule has 0 aliphatic carbocycles. The Balaban J connectivity index is 1.02. The molecule has 11 aromatic rings. The molecule has 0 aliphatic rings. The molecule has 0 saturated heterocycles. The molecule has 282 valence electrons. The number of aromatic nitrogens is 4. The summed E-state index contributed by atoms with van der Waals surface area (Å²) in [6.45, 7) is 0. The van der Waals surface area contributed by atoms with E-state index in [1.807, 2.05) is 30.3 Å². The van der Waals surface area contributed by atoms with Crippen LogP contribution in [0.15, 0.2) is 168 Å². The monoisotopic (exact) mass is 776 g/mol. The lowest BCUT2D eigenvalue weighted by Crippen LogP contribution is -2.55. The number of para-hydroxylation sites is 2. The van der Waals surface area contributed by atoms with Crippen molar-refractivity contribution in [3.05, 3.63) is 164 Å². The summed E-state index contributed by atoms with van der Waals surface area (Å²) in [6.07, 6.45) is 0. The van der Waals surface area contributed by atoms with Crippen LogP contribution in [0.5, 0.6) is 0 Å². The van der Waals surface area contributed by atoms with Crippen LogP contribution in [0.4, 0.5) is 0 Å². The summed E-state index contributed by atoms with van der Waals surface area (Å²) >= 11 is 0. The molecule has 3 heterocycles. The highest BCUT2D eigenvalue weighted by molar-refractivity contribution is 6.68. The number of furan rings is 1. The third-order valence-electron chi connectivity index (χ3n) is 12.9. The fourth-order valence-corrected chi connectivity index (χ4v) is 9.27. The zero-order valence-corrected chi connectivity index (χ0v) is 34.8. The van der Waals surface area contributed by atoms with Gasteiger partial charge in [-0.15, -0.1) is 16.4 Å². The third-order valence-corrected chi connectivity index (χ3v) is 12.9. The van der Waals surface area contributed by atoms with Crippen LogP contribution < -0.4 is 27.3 Å². The van der Waals surface area contributed by atoms with E-state index >= 15 is 0 Å². The van der Waals surface area contributed by atoms with E-state index in [0.717, 1.165) is 55.4 Å². The number of hydrogen-bond acceptors (Lipinski definition) is 4. The summed E-state index contributed by atoms with van der Waals surface area (Å²) in [4.78, 5) is 15.2. The molecule has 0 fully saturated rings. The molecule has 0 aliphatic heterocycles. The van der Waals surface area contributed by atoms with Gasteiger partial charge in [0.05, 0.1) is 11.0 Å². The number of rotatable bonds is 6.